The third-order valence-corrected chi connectivity index (χ3v) is 3.10. The van der Waals surface area contributed by atoms with Gasteiger partial charge in [0.15, 0.2) is 0 Å². The Hall–Kier alpha value is -2.98. The number of halogens is 3. The topological polar surface area (TPSA) is 94.5 Å². The molecule has 0 saturated carbocycles. The molecule has 126 valence electrons. The summed E-state index contributed by atoms with van der Waals surface area (Å²) in [5, 5.41) is 10.6. The van der Waals surface area contributed by atoms with E-state index in [0.717, 1.165) is 5.69 Å². The zero-order chi connectivity index (χ0) is 17.3. The molecule has 0 aliphatic heterocycles. The van der Waals surface area contributed by atoms with Crippen molar-refractivity contribution in [1.82, 2.24) is 29.9 Å². The molecule has 0 spiro atoms. The van der Waals surface area contributed by atoms with Gasteiger partial charge in [-0.05, 0) is 13.0 Å². The van der Waals surface area contributed by atoms with Crippen molar-refractivity contribution in [3.63, 3.8) is 0 Å². The minimum Gasteiger partial charge on any atom is -0.346 e. The van der Waals surface area contributed by atoms with Gasteiger partial charge in [-0.2, -0.15) is 23.3 Å². The fourth-order valence-corrected chi connectivity index (χ4v) is 1.91. The predicted octanol–water partition coefficient (Wildman–Crippen LogP) is 2.45. The Kier molecular flexibility index (Phi) is 3.91. The Morgan fingerprint density at radius 3 is 2.50 bits per heavy atom. The summed E-state index contributed by atoms with van der Waals surface area (Å²) in [6.07, 6.45) is -0.255. The minimum atomic E-state index is -4.69. The maximum absolute atomic E-state index is 12.4. The van der Waals surface area contributed by atoms with Crippen molar-refractivity contribution in [2.75, 3.05) is 5.32 Å². The van der Waals surface area contributed by atoms with Crippen LogP contribution in [0.2, 0.25) is 0 Å². The van der Waals surface area contributed by atoms with Gasteiger partial charge in [0.25, 0.3) is 0 Å². The van der Waals surface area contributed by atoms with Gasteiger partial charge in [-0.1, -0.05) is 5.16 Å². The van der Waals surface area contributed by atoms with Crippen molar-refractivity contribution in [3.8, 4) is 11.4 Å². The highest BCUT2D eigenvalue weighted by Gasteiger charge is 2.38. The molecule has 24 heavy (non-hydrogen) atoms. The third kappa shape index (κ3) is 3.34. The van der Waals surface area contributed by atoms with Gasteiger partial charge < -0.3 is 9.84 Å². The summed E-state index contributed by atoms with van der Waals surface area (Å²) in [5.41, 5.74) is 1.02. The SMILES string of the molecule is CC(Nc1ncc(-c2noc(C(F)(F)F)n2)cn1)c1ccn(C)n1. The Morgan fingerprint density at radius 2 is 1.96 bits per heavy atom. The second-order valence-electron chi connectivity index (χ2n) is 5.00. The lowest BCUT2D eigenvalue weighted by Gasteiger charge is -2.10. The second kappa shape index (κ2) is 5.91. The summed E-state index contributed by atoms with van der Waals surface area (Å²) >= 11 is 0. The summed E-state index contributed by atoms with van der Waals surface area (Å²) in [5.74, 6) is -1.34. The van der Waals surface area contributed by atoms with Crippen molar-refractivity contribution >= 4 is 5.95 Å². The quantitative estimate of drug-likeness (QED) is 0.780. The molecule has 0 aliphatic carbocycles. The predicted molar refractivity (Wildman–Crippen MR) is 75.6 cm³/mol. The number of nitrogens with zero attached hydrogens (tertiary/aromatic N) is 6. The molecule has 1 atom stereocenters. The molecule has 0 fully saturated rings. The summed E-state index contributed by atoms with van der Waals surface area (Å²) in [6.45, 7) is 1.88. The molecule has 0 aliphatic rings. The largest absolute Gasteiger partial charge is 0.471 e. The van der Waals surface area contributed by atoms with E-state index in [1.165, 1.54) is 12.4 Å². The first-order valence-electron chi connectivity index (χ1n) is 6.82. The van der Waals surface area contributed by atoms with Gasteiger partial charge in [-0.3, -0.25) is 4.68 Å². The second-order valence-corrected chi connectivity index (χ2v) is 5.00. The van der Waals surface area contributed by atoms with Gasteiger partial charge in [0.05, 0.1) is 17.3 Å². The molecule has 0 bridgehead atoms. The molecule has 11 heteroatoms. The zero-order valence-corrected chi connectivity index (χ0v) is 12.6. The average molecular weight is 339 g/mol. The molecule has 1 N–H and O–H groups in total. The van der Waals surface area contributed by atoms with E-state index in [0.29, 0.717) is 5.95 Å². The van der Waals surface area contributed by atoms with Crippen LogP contribution in [-0.2, 0) is 13.2 Å². The third-order valence-electron chi connectivity index (χ3n) is 3.10. The number of hydrogen-bond acceptors (Lipinski definition) is 7. The molecule has 0 amide bonds. The van der Waals surface area contributed by atoms with Crippen LogP contribution in [0, 0.1) is 0 Å². The average Bonchev–Trinajstić information content (AvgIpc) is 3.16. The summed E-state index contributed by atoms with van der Waals surface area (Å²) in [6, 6.07) is 1.71. The first-order chi connectivity index (χ1) is 11.3. The fraction of sp³-hybridized carbons (Fsp3) is 0.308. The maximum atomic E-state index is 12.4. The Labute approximate surface area is 133 Å². The highest BCUT2D eigenvalue weighted by Crippen LogP contribution is 2.29. The van der Waals surface area contributed by atoms with Gasteiger partial charge in [-0.15, -0.1) is 0 Å². The van der Waals surface area contributed by atoms with E-state index in [1.54, 1.807) is 4.68 Å². The molecule has 3 aromatic rings. The van der Waals surface area contributed by atoms with Crippen LogP contribution in [-0.4, -0.2) is 29.9 Å². The van der Waals surface area contributed by atoms with E-state index in [4.69, 9.17) is 0 Å². The molecule has 3 rings (SSSR count). The van der Waals surface area contributed by atoms with Gasteiger partial charge in [-0.25, -0.2) is 9.97 Å². The molecular weight excluding hydrogens is 327 g/mol. The van der Waals surface area contributed by atoms with Gasteiger partial charge in [0.1, 0.15) is 0 Å². The molecule has 0 radical (unpaired) electrons. The zero-order valence-electron chi connectivity index (χ0n) is 12.6. The smallest absolute Gasteiger partial charge is 0.346 e. The number of anilines is 1. The van der Waals surface area contributed by atoms with Gasteiger partial charge in [0, 0.05) is 25.6 Å². The minimum absolute atomic E-state index is 0.140. The molecule has 3 aromatic heterocycles. The van der Waals surface area contributed by atoms with Crippen LogP contribution in [0.4, 0.5) is 19.1 Å². The summed E-state index contributed by atoms with van der Waals surface area (Å²) in [4.78, 5) is 11.4. The lowest BCUT2D eigenvalue weighted by Crippen LogP contribution is -2.10. The Balaban J connectivity index is 1.72. The van der Waals surface area contributed by atoms with E-state index >= 15 is 0 Å². The van der Waals surface area contributed by atoms with Crippen molar-refractivity contribution in [2.45, 2.75) is 19.1 Å². The lowest BCUT2D eigenvalue weighted by atomic mass is 10.2. The number of nitrogens with one attached hydrogen (secondary N) is 1. The van der Waals surface area contributed by atoms with Gasteiger partial charge >= 0.3 is 12.1 Å². The normalized spacial score (nSPS) is 13.0. The van der Waals surface area contributed by atoms with Crippen LogP contribution in [0.15, 0.2) is 29.2 Å². The number of aromatic nitrogens is 6. The standard InChI is InChI=1S/C13H12F3N7O/c1-7(9-3-4-23(2)21-9)19-12-17-5-8(6-18-12)10-20-11(24-22-10)13(14,15)16/h3-7H,1-2H3,(H,17,18,19). The van der Waals surface area contributed by atoms with Crippen molar-refractivity contribution in [1.29, 1.82) is 0 Å². The van der Waals surface area contributed by atoms with E-state index in [-0.39, 0.29) is 17.4 Å². The first kappa shape index (κ1) is 15.9. The van der Waals surface area contributed by atoms with Gasteiger partial charge in [0.2, 0.25) is 11.8 Å². The van der Waals surface area contributed by atoms with Crippen molar-refractivity contribution in [2.24, 2.45) is 7.05 Å². The molecular formula is C13H12F3N7O. The Bertz CT molecular complexity index is 825. The Morgan fingerprint density at radius 1 is 1.25 bits per heavy atom. The molecule has 1 unspecified atom stereocenters. The highest BCUT2D eigenvalue weighted by molar-refractivity contribution is 5.52. The van der Waals surface area contributed by atoms with E-state index in [9.17, 15) is 13.2 Å². The van der Waals surface area contributed by atoms with Crippen LogP contribution >= 0.6 is 0 Å². The van der Waals surface area contributed by atoms with Crippen LogP contribution in [0.3, 0.4) is 0 Å². The fourth-order valence-electron chi connectivity index (χ4n) is 1.91. The summed E-state index contributed by atoms with van der Waals surface area (Å²) in [7, 11) is 1.81. The van der Waals surface area contributed by atoms with Crippen molar-refractivity contribution in [3.05, 3.63) is 36.2 Å². The number of rotatable bonds is 4. The van der Waals surface area contributed by atoms with Crippen LogP contribution < -0.4 is 5.32 Å². The number of hydrogen-bond donors (Lipinski definition) is 1. The lowest BCUT2D eigenvalue weighted by molar-refractivity contribution is -0.159. The first-order valence-corrected chi connectivity index (χ1v) is 6.82. The molecule has 0 aromatic carbocycles. The van der Waals surface area contributed by atoms with E-state index in [2.05, 4.69) is 35.0 Å². The molecule has 3 heterocycles. The van der Waals surface area contributed by atoms with Crippen LogP contribution in [0.5, 0.6) is 0 Å². The molecule has 0 saturated heterocycles. The maximum Gasteiger partial charge on any atom is 0.471 e. The van der Waals surface area contributed by atoms with E-state index < -0.39 is 12.1 Å². The van der Waals surface area contributed by atoms with Crippen molar-refractivity contribution < 1.29 is 17.7 Å². The van der Waals surface area contributed by atoms with Crippen LogP contribution in [0.25, 0.3) is 11.4 Å². The summed E-state index contributed by atoms with van der Waals surface area (Å²) < 4.78 is 43.2. The number of aryl methyl sites for hydroxylation is 1. The van der Waals surface area contributed by atoms with Crippen LogP contribution in [0.1, 0.15) is 24.6 Å². The number of alkyl halides is 3. The monoisotopic (exact) mass is 339 g/mol. The van der Waals surface area contributed by atoms with E-state index in [1.807, 2.05) is 26.2 Å². The highest BCUT2D eigenvalue weighted by atomic mass is 19.4. The molecule has 8 nitrogen and oxygen atoms in total.